The monoisotopic (exact) mass is 963 g/mol. The van der Waals surface area contributed by atoms with Gasteiger partial charge in [0, 0.05) is 58.7 Å². The quantitative estimate of drug-likeness (QED) is 0.0402. The van der Waals surface area contributed by atoms with Crippen molar-refractivity contribution < 1.29 is 62.4 Å². The maximum atomic E-state index is 13.5. The Hall–Kier alpha value is -4.95. The molecular formula is C46H66ClN5O13S. The van der Waals surface area contributed by atoms with Crippen LogP contribution >= 0.6 is 23.4 Å². The first-order chi connectivity index (χ1) is 31.2. The predicted molar refractivity (Wildman–Crippen MR) is 248 cm³/mol. The summed E-state index contributed by atoms with van der Waals surface area (Å²) in [6, 6.07) is 4.40. The van der Waals surface area contributed by atoms with E-state index in [1.54, 1.807) is 50.9 Å². The van der Waals surface area contributed by atoms with E-state index in [0.717, 1.165) is 20.9 Å². The van der Waals surface area contributed by atoms with E-state index in [2.05, 4.69) is 16.0 Å². The lowest BCUT2D eigenvalue weighted by molar-refractivity contribution is -0.162. The third-order valence-corrected chi connectivity index (χ3v) is 11.9. The van der Waals surface area contributed by atoms with Crippen LogP contribution in [-0.2, 0) is 54.1 Å². The van der Waals surface area contributed by atoms with Gasteiger partial charge < -0.3 is 44.3 Å². The van der Waals surface area contributed by atoms with Gasteiger partial charge in [-0.15, -0.1) is 0 Å². The molecule has 0 spiro atoms. The van der Waals surface area contributed by atoms with Crippen LogP contribution in [0.4, 0.5) is 4.79 Å². The summed E-state index contributed by atoms with van der Waals surface area (Å²) in [6.45, 7) is 6.69. The molecule has 2 saturated heterocycles. The number of imide groups is 1. The number of nitrogens with one attached hydrogen (secondary N) is 3. The second-order valence-electron chi connectivity index (χ2n) is 16.6. The number of aliphatic hydroxyl groups is 1. The van der Waals surface area contributed by atoms with Crippen molar-refractivity contribution in [3.05, 3.63) is 64.7 Å². The fourth-order valence-electron chi connectivity index (χ4n) is 7.51. The maximum Gasteiger partial charge on any atom is 0.409 e. The van der Waals surface area contributed by atoms with Crippen LogP contribution in [0.25, 0.3) is 0 Å². The van der Waals surface area contributed by atoms with Crippen molar-refractivity contribution in [1.29, 1.82) is 0 Å². The Morgan fingerprint density at radius 2 is 1.76 bits per heavy atom. The number of alkyl carbamates (subject to hydrolysis) is 1. The lowest BCUT2D eigenvalue weighted by Gasteiger charge is -2.42. The van der Waals surface area contributed by atoms with E-state index in [0.29, 0.717) is 36.5 Å². The lowest BCUT2D eigenvalue weighted by atomic mass is 9.83. The summed E-state index contributed by atoms with van der Waals surface area (Å²) in [5.74, 6) is -2.94. The molecule has 2 fully saturated rings. The molecule has 6 amide bonds. The Morgan fingerprint density at radius 1 is 1.09 bits per heavy atom. The number of likely N-dealkylation sites (N-methyl/N-ethyl adjacent to an activating group) is 1. The number of epoxide rings is 1. The molecule has 0 saturated carbocycles. The van der Waals surface area contributed by atoms with Crippen molar-refractivity contribution in [1.82, 2.24) is 25.8 Å². The van der Waals surface area contributed by atoms with Gasteiger partial charge in [0.1, 0.15) is 35.7 Å². The molecule has 4 rings (SSSR count). The number of thioether (sulfide) groups is 1. The van der Waals surface area contributed by atoms with Crippen LogP contribution in [0.1, 0.15) is 71.8 Å². The fraction of sp³-hybridized carbons (Fsp3) is 0.587. The number of cyclic esters (lactones) is 1. The van der Waals surface area contributed by atoms with Crippen molar-refractivity contribution in [3.8, 4) is 5.75 Å². The number of ether oxygens (including phenoxy) is 5. The summed E-state index contributed by atoms with van der Waals surface area (Å²) in [5.41, 5.74) is -1.13. The predicted octanol–water partition coefficient (Wildman–Crippen LogP) is 3.86. The van der Waals surface area contributed by atoms with E-state index >= 15 is 0 Å². The second-order valence-corrected chi connectivity index (χ2v) is 17.8. The third-order valence-electron chi connectivity index (χ3n) is 11.6. The largest absolute Gasteiger partial charge is 0.495 e. The number of esters is 1. The van der Waals surface area contributed by atoms with Crippen molar-refractivity contribution in [3.63, 3.8) is 0 Å². The highest BCUT2D eigenvalue weighted by molar-refractivity contribution is 7.97. The second kappa shape index (κ2) is 25.8. The highest BCUT2D eigenvalue weighted by Crippen LogP contribution is 2.48. The van der Waals surface area contributed by atoms with Crippen LogP contribution in [-0.4, -0.2) is 152 Å². The minimum absolute atomic E-state index is 0.104. The number of methoxy groups -OCH3 is 2. The molecule has 1 aromatic rings. The van der Waals surface area contributed by atoms with Gasteiger partial charge in [0.05, 0.1) is 31.2 Å². The van der Waals surface area contributed by atoms with Gasteiger partial charge >= 0.3 is 12.1 Å². The van der Waals surface area contributed by atoms with Crippen LogP contribution in [0.2, 0.25) is 5.02 Å². The number of carbonyl (C=O) groups is 7. The molecule has 3 heterocycles. The molecule has 0 aliphatic carbocycles. The topological polar surface area (TPSA) is 232 Å². The summed E-state index contributed by atoms with van der Waals surface area (Å²) >= 11 is 7.91. The molecule has 8 unspecified atom stereocenters. The Kier molecular flexibility index (Phi) is 21.7. The van der Waals surface area contributed by atoms with Crippen molar-refractivity contribution in [2.75, 3.05) is 53.9 Å². The maximum absolute atomic E-state index is 13.5. The van der Waals surface area contributed by atoms with Gasteiger partial charge in [-0.05, 0) is 70.2 Å². The molecule has 66 heavy (non-hydrogen) atoms. The molecule has 4 N–H and O–H groups in total. The summed E-state index contributed by atoms with van der Waals surface area (Å²) in [7, 11) is 5.77. The minimum Gasteiger partial charge on any atom is -0.495 e. The molecule has 366 valence electrons. The van der Waals surface area contributed by atoms with E-state index in [1.807, 2.05) is 37.6 Å². The highest BCUT2D eigenvalue weighted by atomic mass is 35.5. The van der Waals surface area contributed by atoms with Gasteiger partial charge in [-0.25, -0.2) is 9.59 Å². The highest BCUT2D eigenvalue weighted by Gasteiger charge is 2.64. The van der Waals surface area contributed by atoms with Gasteiger partial charge in [0.15, 0.2) is 5.72 Å². The van der Waals surface area contributed by atoms with E-state index in [-0.39, 0.29) is 50.1 Å². The van der Waals surface area contributed by atoms with Crippen molar-refractivity contribution in [2.24, 2.45) is 5.92 Å². The van der Waals surface area contributed by atoms with Gasteiger partial charge in [0.2, 0.25) is 17.7 Å². The van der Waals surface area contributed by atoms with Crippen LogP contribution < -0.4 is 20.7 Å². The first kappa shape index (κ1) is 55.4. The zero-order chi connectivity index (χ0) is 49.4. The van der Waals surface area contributed by atoms with Gasteiger partial charge in [-0.2, -0.15) is 11.8 Å². The van der Waals surface area contributed by atoms with E-state index < -0.39 is 71.6 Å². The normalized spacial score (nSPS) is 23.1. The number of rotatable bonds is 23. The van der Waals surface area contributed by atoms with Crippen LogP contribution in [0, 0.1) is 5.92 Å². The number of benzene rings is 1. The van der Waals surface area contributed by atoms with Crippen molar-refractivity contribution in [2.45, 2.75) is 114 Å². The number of hydrogen-bond acceptors (Lipinski definition) is 14. The average molecular weight is 965 g/mol. The summed E-state index contributed by atoms with van der Waals surface area (Å²) in [6.07, 6.45) is 9.07. The number of carbonyl (C=O) groups excluding carboxylic acids is 7. The Balaban J connectivity index is 0.00000375. The van der Waals surface area contributed by atoms with Crippen LogP contribution in [0.5, 0.6) is 5.75 Å². The molecule has 3 aliphatic heterocycles. The molecule has 1 aromatic carbocycles. The smallest absolute Gasteiger partial charge is 0.409 e. The first-order valence-corrected chi connectivity index (χ1v) is 23.6. The van der Waals surface area contributed by atoms with E-state index in [4.69, 9.17) is 35.3 Å². The molecular weight excluding hydrogens is 898 g/mol. The first-order valence-electron chi connectivity index (χ1n) is 21.6. The minimum atomic E-state index is -1.88. The van der Waals surface area contributed by atoms with E-state index in [9.17, 15) is 38.7 Å². The van der Waals surface area contributed by atoms with Gasteiger partial charge in [-0.1, -0.05) is 54.8 Å². The van der Waals surface area contributed by atoms with Gasteiger partial charge in [-0.3, -0.25) is 34.2 Å². The Bertz CT molecular complexity index is 1980. The zero-order valence-corrected chi connectivity index (χ0v) is 41.0. The van der Waals surface area contributed by atoms with Crippen LogP contribution in [0.3, 0.4) is 0 Å². The molecule has 8 atom stereocenters. The fourth-order valence-corrected chi connectivity index (χ4v) is 7.71. The molecule has 3 aliphatic rings. The third kappa shape index (κ3) is 15.6. The number of nitrogens with zero attached hydrogens (tertiary/aromatic N) is 2. The van der Waals surface area contributed by atoms with Crippen molar-refractivity contribution >= 4 is 65.0 Å². The van der Waals surface area contributed by atoms with Gasteiger partial charge in [0.25, 0.3) is 11.8 Å². The summed E-state index contributed by atoms with van der Waals surface area (Å²) < 4.78 is 28.6. The number of hydrogen-bond donors (Lipinski definition) is 4. The summed E-state index contributed by atoms with van der Waals surface area (Å²) in [4.78, 5) is 90.1. The number of halogens is 1. The Labute approximate surface area is 396 Å². The Morgan fingerprint density at radius 3 is 2.38 bits per heavy atom. The molecule has 0 bridgehead atoms. The lowest BCUT2D eigenvalue weighted by Crippen LogP contribution is -2.63. The molecule has 18 nitrogen and oxygen atoms in total. The van der Waals surface area contributed by atoms with Crippen LogP contribution in [0.15, 0.2) is 54.2 Å². The average Bonchev–Trinajstić information content (AvgIpc) is 3.88. The summed E-state index contributed by atoms with van der Waals surface area (Å²) in [5, 5.41) is 19.8. The standard InChI is InChI=1S/C44H60ClN5O13.C2H6S/c1-26(21-29-16-17-30(45)31(22-29)59-7)13-12-14-33(60-8)44(58)24-32(61-42(57)48-44)27(2)40-43(4,63-40)34(23-36(52)46-5)62-41(56)28(3)49(6)39(55)25-47-35(51)15-10-9-11-20-50-37(53)18-19-38(50)54;1-3-2/h12-14,16-19,22,27-28,32-34,40,58H,9-11,15,20-21,23-25H2,1-8H3,(H,46,52)(H,47,51)(H,48,57);1-2H3/b14-12+,26-13+;. The number of unbranched alkanes of at least 4 members (excludes halogenated alkanes) is 2. The SMILES string of the molecule is CNC(=O)CC(OC(=O)C(C)N(C)C(=O)CNC(=O)CCCCCN1C(=O)C=CC1=O)C1(C)OC1C(C)C1CC(O)(C(/C=C/C=C(\C)Cc2ccc(Cl)c(OC)c2)OC)NC(=O)O1.CSC. The number of amides is 6. The molecule has 20 heteroatoms. The number of allylic oxidation sites excluding steroid dienone is 3. The molecule has 0 aromatic heterocycles. The zero-order valence-electron chi connectivity index (χ0n) is 39.5. The van der Waals surface area contributed by atoms with E-state index in [1.165, 1.54) is 40.3 Å². The molecule has 0 radical (unpaired) electrons.